The molecule has 0 bridgehead atoms. The molecule has 0 saturated heterocycles. The fraction of sp³-hybridized carbons (Fsp3) is 1.00. The third-order valence-electron chi connectivity index (χ3n) is 3.19. The summed E-state index contributed by atoms with van der Waals surface area (Å²) in [6, 6.07) is 0.423. The predicted molar refractivity (Wildman–Crippen MR) is 52.8 cm³/mol. The summed E-state index contributed by atoms with van der Waals surface area (Å²) in [5, 5.41) is 0. The van der Waals surface area contributed by atoms with Crippen molar-refractivity contribution in [1.29, 1.82) is 0 Å². The molecule has 3 unspecified atom stereocenters. The van der Waals surface area contributed by atoms with Gasteiger partial charge in [0.05, 0.1) is 0 Å². The van der Waals surface area contributed by atoms with Crippen molar-refractivity contribution in [3.63, 3.8) is 0 Å². The third-order valence-corrected chi connectivity index (χ3v) is 3.19. The molecule has 1 saturated carbocycles. The van der Waals surface area contributed by atoms with Crippen molar-refractivity contribution in [2.75, 3.05) is 6.54 Å². The van der Waals surface area contributed by atoms with E-state index in [0.29, 0.717) is 17.9 Å². The first-order chi connectivity index (χ1) is 5.79. The summed E-state index contributed by atoms with van der Waals surface area (Å²) < 4.78 is 0. The summed E-state index contributed by atoms with van der Waals surface area (Å²) in [6.07, 6.45) is 6.30. The van der Waals surface area contributed by atoms with E-state index in [2.05, 4.69) is 6.92 Å². The molecule has 72 valence electrons. The molecular formula is C10H22N2. The fourth-order valence-corrected chi connectivity index (χ4v) is 2.47. The first kappa shape index (κ1) is 10.0. The molecule has 1 aliphatic carbocycles. The molecule has 2 heteroatoms. The van der Waals surface area contributed by atoms with Crippen LogP contribution in [0, 0.1) is 11.8 Å². The van der Waals surface area contributed by atoms with Crippen molar-refractivity contribution in [3.05, 3.63) is 0 Å². The molecule has 0 heterocycles. The molecule has 0 spiro atoms. The Morgan fingerprint density at radius 1 is 1.33 bits per heavy atom. The van der Waals surface area contributed by atoms with Gasteiger partial charge in [0.25, 0.3) is 0 Å². The zero-order valence-corrected chi connectivity index (χ0v) is 8.13. The molecule has 0 aromatic heterocycles. The van der Waals surface area contributed by atoms with Gasteiger partial charge < -0.3 is 11.5 Å². The van der Waals surface area contributed by atoms with Gasteiger partial charge in [-0.3, -0.25) is 0 Å². The Morgan fingerprint density at radius 2 is 2.08 bits per heavy atom. The topological polar surface area (TPSA) is 52.0 Å². The lowest BCUT2D eigenvalue weighted by atomic mass is 9.74. The molecule has 4 N–H and O–H groups in total. The first-order valence-corrected chi connectivity index (χ1v) is 5.25. The van der Waals surface area contributed by atoms with Crippen LogP contribution in [0.25, 0.3) is 0 Å². The van der Waals surface area contributed by atoms with Crippen LogP contribution >= 0.6 is 0 Å². The maximum Gasteiger partial charge on any atom is 0.00702 e. The lowest BCUT2D eigenvalue weighted by molar-refractivity contribution is 0.197. The molecule has 1 aliphatic rings. The Morgan fingerprint density at radius 3 is 2.67 bits per heavy atom. The smallest absolute Gasteiger partial charge is 0.00702 e. The minimum Gasteiger partial charge on any atom is -0.330 e. The Hall–Kier alpha value is -0.0800. The van der Waals surface area contributed by atoms with Crippen molar-refractivity contribution in [1.82, 2.24) is 0 Å². The van der Waals surface area contributed by atoms with Crippen molar-refractivity contribution in [2.24, 2.45) is 23.3 Å². The number of hydrogen-bond acceptors (Lipinski definition) is 2. The van der Waals surface area contributed by atoms with E-state index in [-0.39, 0.29) is 0 Å². The summed E-state index contributed by atoms with van der Waals surface area (Å²) in [6.45, 7) is 3.06. The van der Waals surface area contributed by atoms with Gasteiger partial charge in [-0.1, -0.05) is 19.8 Å². The molecule has 0 amide bonds. The number of hydrogen-bond donors (Lipinski definition) is 2. The highest BCUT2D eigenvalue weighted by atomic mass is 14.7. The quantitative estimate of drug-likeness (QED) is 0.674. The van der Waals surface area contributed by atoms with Crippen LogP contribution in [0.5, 0.6) is 0 Å². The Bertz CT molecular complexity index is 125. The van der Waals surface area contributed by atoms with Crippen LogP contribution < -0.4 is 11.5 Å². The average Bonchev–Trinajstić information content (AvgIpc) is 2.09. The SMILES string of the molecule is CCCC1C(N)CCCC1CN. The van der Waals surface area contributed by atoms with Gasteiger partial charge in [0.2, 0.25) is 0 Å². The summed E-state index contributed by atoms with van der Waals surface area (Å²) in [5.74, 6) is 1.41. The maximum atomic E-state index is 6.08. The van der Waals surface area contributed by atoms with E-state index in [1.807, 2.05) is 0 Å². The summed E-state index contributed by atoms with van der Waals surface area (Å²) in [4.78, 5) is 0. The van der Waals surface area contributed by atoms with E-state index >= 15 is 0 Å². The van der Waals surface area contributed by atoms with Crippen molar-refractivity contribution in [3.8, 4) is 0 Å². The van der Waals surface area contributed by atoms with Gasteiger partial charge >= 0.3 is 0 Å². The van der Waals surface area contributed by atoms with E-state index < -0.39 is 0 Å². The molecule has 0 radical (unpaired) electrons. The third kappa shape index (κ3) is 2.20. The Kier molecular flexibility index (Phi) is 4.02. The molecule has 1 rings (SSSR count). The predicted octanol–water partition coefficient (Wildman–Crippen LogP) is 1.49. The molecular weight excluding hydrogens is 148 g/mol. The summed E-state index contributed by atoms with van der Waals surface area (Å²) in [5.41, 5.74) is 11.8. The first-order valence-electron chi connectivity index (χ1n) is 5.25. The fourth-order valence-electron chi connectivity index (χ4n) is 2.47. The van der Waals surface area contributed by atoms with Crippen molar-refractivity contribution >= 4 is 0 Å². The minimum atomic E-state index is 0.423. The summed E-state index contributed by atoms with van der Waals surface area (Å²) in [7, 11) is 0. The zero-order valence-electron chi connectivity index (χ0n) is 8.13. The van der Waals surface area contributed by atoms with Crippen LogP contribution in [-0.4, -0.2) is 12.6 Å². The van der Waals surface area contributed by atoms with E-state index in [1.54, 1.807) is 0 Å². The largest absolute Gasteiger partial charge is 0.330 e. The molecule has 0 aliphatic heterocycles. The normalized spacial score (nSPS) is 36.8. The molecule has 1 fully saturated rings. The van der Waals surface area contributed by atoms with Crippen molar-refractivity contribution in [2.45, 2.75) is 45.1 Å². The second kappa shape index (κ2) is 4.83. The van der Waals surface area contributed by atoms with E-state index in [0.717, 1.165) is 6.54 Å². The Balaban J connectivity index is 2.47. The molecule has 0 aromatic rings. The van der Waals surface area contributed by atoms with Gasteiger partial charge in [-0.15, -0.1) is 0 Å². The van der Waals surface area contributed by atoms with Gasteiger partial charge in [0, 0.05) is 6.04 Å². The van der Waals surface area contributed by atoms with Crippen LogP contribution in [-0.2, 0) is 0 Å². The van der Waals surface area contributed by atoms with Crippen molar-refractivity contribution < 1.29 is 0 Å². The highest BCUT2D eigenvalue weighted by molar-refractivity contribution is 4.84. The standard InChI is InChI=1S/C10H22N2/c1-2-4-9-8(7-11)5-3-6-10(9)12/h8-10H,2-7,11-12H2,1H3. The number of rotatable bonds is 3. The van der Waals surface area contributed by atoms with E-state index in [4.69, 9.17) is 11.5 Å². The minimum absolute atomic E-state index is 0.423. The Labute approximate surface area is 75.7 Å². The average molecular weight is 170 g/mol. The molecule has 2 nitrogen and oxygen atoms in total. The van der Waals surface area contributed by atoms with Crippen LogP contribution in [0.3, 0.4) is 0 Å². The molecule has 12 heavy (non-hydrogen) atoms. The van der Waals surface area contributed by atoms with Crippen LogP contribution in [0.15, 0.2) is 0 Å². The van der Waals surface area contributed by atoms with Gasteiger partial charge in [-0.25, -0.2) is 0 Å². The lowest BCUT2D eigenvalue weighted by Crippen LogP contribution is -2.41. The summed E-state index contributed by atoms with van der Waals surface area (Å²) >= 11 is 0. The van der Waals surface area contributed by atoms with Crippen LogP contribution in [0.4, 0.5) is 0 Å². The second-order valence-corrected chi connectivity index (χ2v) is 4.04. The zero-order chi connectivity index (χ0) is 8.97. The van der Waals surface area contributed by atoms with Gasteiger partial charge in [-0.05, 0) is 37.6 Å². The lowest BCUT2D eigenvalue weighted by Gasteiger charge is -2.35. The molecule has 0 aromatic carbocycles. The van der Waals surface area contributed by atoms with Gasteiger partial charge in [-0.2, -0.15) is 0 Å². The number of nitrogens with two attached hydrogens (primary N) is 2. The van der Waals surface area contributed by atoms with E-state index in [9.17, 15) is 0 Å². The highest BCUT2D eigenvalue weighted by Crippen LogP contribution is 2.31. The van der Waals surface area contributed by atoms with E-state index in [1.165, 1.54) is 32.1 Å². The molecule has 3 atom stereocenters. The highest BCUT2D eigenvalue weighted by Gasteiger charge is 2.28. The van der Waals surface area contributed by atoms with Gasteiger partial charge in [0.1, 0.15) is 0 Å². The van der Waals surface area contributed by atoms with Gasteiger partial charge in [0.15, 0.2) is 0 Å². The second-order valence-electron chi connectivity index (χ2n) is 4.04. The van der Waals surface area contributed by atoms with Crippen LogP contribution in [0.2, 0.25) is 0 Å². The van der Waals surface area contributed by atoms with Crippen LogP contribution in [0.1, 0.15) is 39.0 Å². The maximum absolute atomic E-state index is 6.08. The monoisotopic (exact) mass is 170 g/mol.